The highest BCUT2D eigenvalue weighted by Crippen LogP contribution is 2.22. The molecule has 0 aliphatic rings. The quantitative estimate of drug-likeness (QED) is 0.889. The zero-order valence-electron chi connectivity index (χ0n) is 9.10. The molecule has 1 heterocycles. The molecule has 0 saturated heterocycles. The van der Waals surface area contributed by atoms with Crippen molar-refractivity contribution in [2.45, 2.75) is 19.4 Å². The molecule has 1 aromatic carbocycles. The average Bonchev–Trinajstić information content (AvgIpc) is 2.75. The number of hydrogen-bond acceptors (Lipinski definition) is 2. The number of para-hydroxylation sites is 1. The van der Waals surface area contributed by atoms with E-state index in [9.17, 15) is 0 Å². The summed E-state index contributed by atoms with van der Waals surface area (Å²) in [5.41, 5.74) is 8.14. The summed E-state index contributed by atoms with van der Waals surface area (Å²) in [6.07, 6.45) is 4.30. The summed E-state index contributed by atoms with van der Waals surface area (Å²) in [5.74, 6) is 0. The molecule has 16 heavy (non-hydrogen) atoms. The molecule has 4 heteroatoms. The Morgan fingerprint density at radius 2 is 2.19 bits per heavy atom. The molecule has 1 atom stereocenters. The molecule has 0 aliphatic carbocycles. The second-order valence-electron chi connectivity index (χ2n) is 3.68. The first-order valence-corrected chi connectivity index (χ1v) is 5.65. The molecule has 2 aromatic rings. The van der Waals surface area contributed by atoms with Crippen LogP contribution in [0.25, 0.3) is 5.69 Å². The number of aromatic nitrogens is 2. The summed E-state index contributed by atoms with van der Waals surface area (Å²) >= 11 is 5.86. The van der Waals surface area contributed by atoms with Crippen LogP contribution in [0.3, 0.4) is 0 Å². The fourth-order valence-electron chi connectivity index (χ4n) is 1.66. The van der Waals surface area contributed by atoms with Gasteiger partial charge in [-0.3, -0.25) is 0 Å². The van der Waals surface area contributed by atoms with E-state index < -0.39 is 0 Å². The molecular weight excluding hydrogens is 222 g/mol. The first-order chi connectivity index (χ1) is 7.72. The third-order valence-electron chi connectivity index (χ3n) is 2.57. The first-order valence-electron chi connectivity index (χ1n) is 5.27. The maximum Gasteiger partial charge on any atom is 0.0790 e. The lowest BCUT2D eigenvalue weighted by atomic mass is 10.0. The summed E-state index contributed by atoms with van der Waals surface area (Å²) in [5, 5.41) is 4.82. The van der Waals surface area contributed by atoms with E-state index in [4.69, 9.17) is 17.3 Å². The number of hydrogen-bond donors (Lipinski definition) is 1. The van der Waals surface area contributed by atoms with Gasteiger partial charge < -0.3 is 5.73 Å². The van der Waals surface area contributed by atoms with Crippen molar-refractivity contribution in [2.24, 2.45) is 5.73 Å². The molecule has 0 saturated carbocycles. The lowest BCUT2D eigenvalue weighted by molar-refractivity contribution is 0.686. The molecule has 0 fully saturated rings. The Labute approximate surface area is 99.8 Å². The second kappa shape index (κ2) is 4.68. The van der Waals surface area contributed by atoms with E-state index in [1.54, 1.807) is 17.1 Å². The lowest BCUT2D eigenvalue weighted by Crippen LogP contribution is -2.12. The fraction of sp³-hybridized carbons (Fsp3) is 0.250. The number of benzene rings is 1. The van der Waals surface area contributed by atoms with Crippen LogP contribution in [0.5, 0.6) is 0 Å². The SMILES string of the molecule is CCC(N)c1ccccc1-n1cc(Cl)cn1. The maximum atomic E-state index is 6.07. The predicted molar refractivity (Wildman–Crippen MR) is 65.8 cm³/mol. The van der Waals surface area contributed by atoms with Crippen LogP contribution in [0, 0.1) is 0 Å². The molecule has 0 radical (unpaired) electrons. The summed E-state index contributed by atoms with van der Waals surface area (Å²) in [6, 6.07) is 8.00. The van der Waals surface area contributed by atoms with Gasteiger partial charge in [0.05, 0.1) is 16.9 Å². The van der Waals surface area contributed by atoms with Crippen molar-refractivity contribution in [3.8, 4) is 5.69 Å². The van der Waals surface area contributed by atoms with Crippen molar-refractivity contribution in [3.63, 3.8) is 0 Å². The standard InChI is InChI=1S/C12H14ClN3/c1-2-11(14)10-5-3-4-6-12(10)16-8-9(13)7-15-16/h3-8,11H,2,14H2,1H3. The first kappa shape index (κ1) is 11.2. The summed E-state index contributed by atoms with van der Waals surface area (Å²) in [7, 11) is 0. The molecule has 0 aliphatic heterocycles. The van der Waals surface area contributed by atoms with Crippen molar-refractivity contribution in [1.82, 2.24) is 9.78 Å². The minimum Gasteiger partial charge on any atom is -0.324 e. The van der Waals surface area contributed by atoms with Crippen molar-refractivity contribution >= 4 is 11.6 Å². The molecule has 3 nitrogen and oxygen atoms in total. The third kappa shape index (κ3) is 2.10. The number of nitrogens with zero attached hydrogens (tertiary/aromatic N) is 2. The van der Waals surface area contributed by atoms with Crippen molar-refractivity contribution in [1.29, 1.82) is 0 Å². The molecule has 0 spiro atoms. The van der Waals surface area contributed by atoms with Crippen LogP contribution in [0.4, 0.5) is 0 Å². The van der Waals surface area contributed by atoms with Gasteiger partial charge >= 0.3 is 0 Å². The van der Waals surface area contributed by atoms with Crippen LogP contribution in [-0.2, 0) is 0 Å². The van der Waals surface area contributed by atoms with Gasteiger partial charge in [-0.25, -0.2) is 4.68 Å². The average molecular weight is 236 g/mol. The topological polar surface area (TPSA) is 43.8 Å². The molecule has 0 amide bonds. The van der Waals surface area contributed by atoms with Gasteiger partial charge in [0.25, 0.3) is 0 Å². The van der Waals surface area contributed by atoms with E-state index in [0.29, 0.717) is 5.02 Å². The van der Waals surface area contributed by atoms with E-state index in [1.807, 2.05) is 24.3 Å². The Morgan fingerprint density at radius 3 is 2.81 bits per heavy atom. The number of rotatable bonds is 3. The monoisotopic (exact) mass is 235 g/mol. The largest absolute Gasteiger partial charge is 0.324 e. The van der Waals surface area contributed by atoms with Crippen LogP contribution in [0.1, 0.15) is 24.9 Å². The van der Waals surface area contributed by atoms with E-state index >= 15 is 0 Å². The van der Waals surface area contributed by atoms with Crippen molar-refractivity contribution < 1.29 is 0 Å². The van der Waals surface area contributed by atoms with Gasteiger partial charge in [-0.15, -0.1) is 0 Å². The van der Waals surface area contributed by atoms with Crippen LogP contribution in [-0.4, -0.2) is 9.78 Å². The smallest absolute Gasteiger partial charge is 0.0790 e. The van der Waals surface area contributed by atoms with E-state index in [2.05, 4.69) is 12.0 Å². The minimum absolute atomic E-state index is 0.0270. The zero-order chi connectivity index (χ0) is 11.5. The Balaban J connectivity index is 2.48. The molecule has 2 rings (SSSR count). The molecule has 84 valence electrons. The zero-order valence-corrected chi connectivity index (χ0v) is 9.85. The van der Waals surface area contributed by atoms with Crippen LogP contribution < -0.4 is 5.73 Å². The highest BCUT2D eigenvalue weighted by atomic mass is 35.5. The van der Waals surface area contributed by atoms with Crippen LogP contribution in [0.2, 0.25) is 5.02 Å². The summed E-state index contributed by atoms with van der Waals surface area (Å²) < 4.78 is 1.76. The Morgan fingerprint density at radius 1 is 1.44 bits per heavy atom. The van der Waals surface area contributed by atoms with Crippen molar-refractivity contribution in [3.05, 3.63) is 47.2 Å². The third-order valence-corrected chi connectivity index (χ3v) is 2.77. The summed E-state index contributed by atoms with van der Waals surface area (Å²) in [6.45, 7) is 2.07. The number of nitrogens with two attached hydrogens (primary N) is 1. The van der Waals surface area contributed by atoms with Gasteiger partial charge in [0.15, 0.2) is 0 Å². The Hall–Kier alpha value is -1.32. The van der Waals surface area contributed by atoms with Crippen molar-refractivity contribution in [2.75, 3.05) is 0 Å². The minimum atomic E-state index is 0.0270. The van der Waals surface area contributed by atoms with Gasteiger partial charge in [0.1, 0.15) is 0 Å². The molecular formula is C12H14ClN3. The van der Waals surface area contributed by atoms with Gasteiger partial charge in [-0.05, 0) is 18.1 Å². The Kier molecular flexibility index (Phi) is 3.27. The van der Waals surface area contributed by atoms with E-state index in [1.165, 1.54) is 0 Å². The highest BCUT2D eigenvalue weighted by Gasteiger charge is 2.10. The van der Waals surface area contributed by atoms with Gasteiger partial charge in [-0.2, -0.15) is 5.10 Å². The predicted octanol–water partition coefficient (Wildman–Crippen LogP) is 2.94. The summed E-state index contributed by atoms with van der Waals surface area (Å²) in [4.78, 5) is 0. The van der Waals surface area contributed by atoms with E-state index in [-0.39, 0.29) is 6.04 Å². The highest BCUT2D eigenvalue weighted by molar-refractivity contribution is 6.30. The second-order valence-corrected chi connectivity index (χ2v) is 4.11. The van der Waals surface area contributed by atoms with Gasteiger partial charge in [0.2, 0.25) is 0 Å². The van der Waals surface area contributed by atoms with Gasteiger partial charge in [0, 0.05) is 12.2 Å². The molecule has 2 N–H and O–H groups in total. The molecule has 1 unspecified atom stereocenters. The fourth-order valence-corrected chi connectivity index (χ4v) is 1.80. The molecule has 1 aromatic heterocycles. The molecule has 0 bridgehead atoms. The van der Waals surface area contributed by atoms with Crippen LogP contribution in [0.15, 0.2) is 36.7 Å². The Bertz CT molecular complexity index is 479. The lowest BCUT2D eigenvalue weighted by Gasteiger charge is -2.14. The maximum absolute atomic E-state index is 6.07. The van der Waals surface area contributed by atoms with E-state index in [0.717, 1.165) is 17.7 Å². The number of halogens is 1. The normalized spacial score (nSPS) is 12.7. The van der Waals surface area contributed by atoms with Crippen LogP contribution >= 0.6 is 11.6 Å². The van der Waals surface area contributed by atoms with Gasteiger partial charge in [-0.1, -0.05) is 36.7 Å².